The first-order valence-electron chi connectivity index (χ1n) is 5.43. The van der Waals surface area contributed by atoms with Crippen molar-refractivity contribution in [1.82, 2.24) is 0 Å². The summed E-state index contributed by atoms with van der Waals surface area (Å²) in [7, 11) is -2.21. The van der Waals surface area contributed by atoms with Crippen LogP contribution in [0.15, 0.2) is 53.4 Å². The van der Waals surface area contributed by atoms with Crippen molar-refractivity contribution in [3.05, 3.63) is 54.1 Å². The SMILES string of the molecule is C[SH]1(=O)Cc2ccccc2-c2ccccc21. The highest BCUT2D eigenvalue weighted by atomic mass is 32.2. The molecule has 0 fully saturated rings. The lowest BCUT2D eigenvalue weighted by Gasteiger charge is -2.29. The highest BCUT2D eigenvalue weighted by Crippen LogP contribution is 2.39. The summed E-state index contributed by atoms with van der Waals surface area (Å²) in [4.78, 5) is 1.04. The molecule has 0 saturated heterocycles. The fourth-order valence-electron chi connectivity index (χ4n) is 2.45. The fourth-order valence-corrected chi connectivity index (χ4v) is 4.65. The Morgan fingerprint density at radius 3 is 2.38 bits per heavy atom. The second kappa shape index (κ2) is 3.29. The summed E-state index contributed by atoms with van der Waals surface area (Å²) in [5.74, 6) is 0.695. The zero-order chi connectivity index (χ0) is 11.2. The molecular weight excluding hydrogens is 216 g/mol. The van der Waals surface area contributed by atoms with Crippen LogP contribution in [0.3, 0.4) is 0 Å². The van der Waals surface area contributed by atoms with Crippen molar-refractivity contribution in [3.63, 3.8) is 0 Å². The zero-order valence-electron chi connectivity index (χ0n) is 9.18. The molecule has 0 unspecified atom stereocenters. The topological polar surface area (TPSA) is 17.1 Å². The van der Waals surface area contributed by atoms with Gasteiger partial charge in [-0.3, -0.25) is 4.21 Å². The second-order valence-corrected chi connectivity index (χ2v) is 7.43. The molecule has 1 nitrogen and oxygen atoms in total. The number of hydrogen-bond donors (Lipinski definition) is 1. The Balaban J connectivity index is 2.38. The molecule has 16 heavy (non-hydrogen) atoms. The molecule has 1 heterocycles. The van der Waals surface area contributed by atoms with Crippen molar-refractivity contribution >= 4 is 9.93 Å². The van der Waals surface area contributed by atoms with E-state index in [0.717, 1.165) is 10.5 Å². The summed E-state index contributed by atoms with van der Waals surface area (Å²) < 4.78 is 12.6. The van der Waals surface area contributed by atoms with Gasteiger partial charge in [0.05, 0.1) is 0 Å². The Hall–Kier alpha value is -1.41. The normalized spacial score (nSPS) is 18.3. The maximum Gasteiger partial charge on any atom is 0.0307 e. The molecule has 2 aromatic carbocycles. The average molecular weight is 230 g/mol. The lowest BCUT2D eigenvalue weighted by molar-refractivity contribution is 0.673. The van der Waals surface area contributed by atoms with Crippen molar-refractivity contribution in [2.45, 2.75) is 10.6 Å². The summed E-state index contributed by atoms with van der Waals surface area (Å²) in [6.07, 6.45) is 1.89. The molecular formula is C14H14OS. The van der Waals surface area contributed by atoms with Gasteiger partial charge in [-0.15, -0.1) is 0 Å². The molecule has 0 atom stereocenters. The van der Waals surface area contributed by atoms with Crippen molar-refractivity contribution in [3.8, 4) is 11.1 Å². The minimum Gasteiger partial charge on any atom is -0.280 e. The largest absolute Gasteiger partial charge is 0.280 e. The van der Waals surface area contributed by atoms with Gasteiger partial charge in [-0.2, -0.15) is 0 Å². The standard InChI is InChI=1S/C14H14OS/c1-16(15)10-11-6-2-3-7-12(11)13-8-4-5-9-14(13)16/h2-9,16H,10H2,1H3. The monoisotopic (exact) mass is 230 g/mol. The minimum atomic E-state index is -2.21. The second-order valence-electron chi connectivity index (χ2n) is 4.43. The third-order valence-corrected chi connectivity index (χ3v) is 5.55. The Kier molecular flexibility index (Phi) is 2.01. The van der Waals surface area contributed by atoms with E-state index in [4.69, 9.17) is 0 Å². The van der Waals surface area contributed by atoms with Gasteiger partial charge in [0.25, 0.3) is 0 Å². The maximum absolute atomic E-state index is 12.6. The highest BCUT2D eigenvalue weighted by molar-refractivity contribution is 8.01. The summed E-state index contributed by atoms with van der Waals surface area (Å²) in [5.41, 5.74) is 3.61. The van der Waals surface area contributed by atoms with Crippen molar-refractivity contribution in [1.29, 1.82) is 0 Å². The summed E-state index contributed by atoms with van der Waals surface area (Å²) in [5, 5.41) is 0. The lowest BCUT2D eigenvalue weighted by Crippen LogP contribution is -2.18. The molecule has 0 amide bonds. The summed E-state index contributed by atoms with van der Waals surface area (Å²) in [6, 6.07) is 16.3. The van der Waals surface area contributed by atoms with Gasteiger partial charge < -0.3 is 0 Å². The Morgan fingerprint density at radius 2 is 1.56 bits per heavy atom. The molecule has 0 N–H and O–H groups in total. The van der Waals surface area contributed by atoms with Gasteiger partial charge in [0.15, 0.2) is 0 Å². The fraction of sp³-hybridized carbons (Fsp3) is 0.143. The van der Waals surface area contributed by atoms with Crippen LogP contribution >= 0.6 is 0 Å². The van der Waals surface area contributed by atoms with Gasteiger partial charge >= 0.3 is 0 Å². The van der Waals surface area contributed by atoms with Gasteiger partial charge in [0.1, 0.15) is 0 Å². The van der Waals surface area contributed by atoms with Crippen molar-refractivity contribution in [2.24, 2.45) is 0 Å². The third-order valence-electron chi connectivity index (χ3n) is 3.19. The van der Waals surface area contributed by atoms with Crippen LogP contribution in [0.1, 0.15) is 5.56 Å². The molecule has 0 aromatic heterocycles. The van der Waals surface area contributed by atoms with E-state index < -0.39 is 9.93 Å². The molecule has 1 aliphatic rings. The van der Waals surface area contributed by atoms with Crippen molar-refractivity contribution in [2.75, 3.05) is 6.26 Å². The predicted octanol–water partition coefficient (Wildman–Crippen LogP) is 2.87. The van der Waals surface area contributed by atoms with Crippen LogP contribution in [0.2, 0.25) is 0 Å². The van der Waals surface area contributed by atoms with Crippen LogP contribution in [0.5, 0.6) is 0 Å². The van der Waals surface area contributed by atoms with E-state index in [-0.39, 0.29) is 0 Å². The van der Waals surface area contributed by atoms with E-state index in [1.165, 1.54) is 11.1 Å². The van der Waals surface area contributed by atoms with E-state index in [0.29, 0.717) is 5.75 Å². The number of thiol groups is 1. The minimum absolute atomic E-state index is 0.695. The zero-order valence-corrected chi connectivity index (χ0v) is 10.1. The van der Waals surface area contributed by atoms with Gasteiger partial charge in [0.2, 0.25) is 0 Å². The lowest BCUT2D eigenvalue weighted by atomic mass is 10.0. The Morgan fingerprint density at radius 1 is 0.938 bits per heavy atom. The summed E-state index contributed by atoms with van der Waals surface area (Å²) in [6.45, 7) is 0. The summed E-state index contributed by atoms with van der Waals surface area (Å²) >= 11 is 0. The Bertz CT molecular complexity index is 601. The van der Waals surface area contributed by atoms with Crippen LogP contribution in [-0.4, -0.2) is 10.5 Å². The van der Waals surface area contributed by atoms with Crippen LogP contribution in [0, 0.1) is 0 Å². The molecule has 3 rings (SSSR count). The maximum atomic E-state index is 12.6. The van der Waals surface area contributed by atoms with Gasteiger partial charge in [-0.05, 0) is 29.0 Å². The first-order chi connectivity index (χ1) is 7.68. The van der Waals surface area contributed by atoms with E-state index in [9.17, 15) is 4.21 Å². The van der Waals surface area contributed by atoms with Gasteiger partial charge in [-0.25, -0.2) is 0 Å². The molecule has 0 saturated carbocycles. The third kappa shape index (κ3) is 1.34. The Labute approximate surface area is 96.6 Å². The number of fused-ring (bicyclic) bond motifs is 3. The van der Waals surface area contributed by atoms with Crippen LogP contribution in [-0.2, 0) is 15.7 Å². The molecule has 0 radical (unpaired) electrons. The first kappa shape index (κ1) is 9.79. The predicted molar refractivity (Wildman–Crippen MR) is 69.3 cm³/mol. The molecule has 2 heteroatoms. The molecule has 0 aliphatic carbocycles. The van der Waals surface area contributed by atoms with E-state index in [1.807, 2.05) is 36.6 Å². The molecule has 0 spiro atoms. The van der Waals surface area contributed by atoms with Crippen molar-refractivity contribution < 1.29 is 4.21 Å². The molecule has 82 valence electrons. The average Bonchev–Trinajstić information content (AvgIpc) is 2.29. The first-order valence-corrected chi connectivity index (χ1v) is 7.77. The molecule has 2 aromatic rings. The van der Waals surface area contributed by atoms with E-state index in [1.54, 1.807) is 0 Å². The quantitative estimate of drug-likeness (QED) is 0.689. The van der Waals surface area contributed by atoms with Crippen LogP contribution in [0.25, 0.3) is 11.1 Å². The number of hydrogen-bond acceptors (Lipinski definition) is 1. The molecule has 1 aliphatic heterocycles. The van der Waals surface area contributed by atoms with Gasteiger partial charge in [-0.1, -0.05) is 52.4 Å². The van der Waals surface area contributed by atoms with Gasteiger partial charge in [0, 0.05) is 10.6 Å². The highest BCUT2D eigenvalue weighted by Gasteiger charge is 2.24. The number of rotatable bonds is 0. The molecule has 0 bridgehead atoms. The smallest absolute Gasteiger partial charge is 0.0307 e. The van der Waals surface area contributed by atoms with Crippen LogP contribution in [0.4, 0.5) is 0 Å². The van der Waals surface area contributed by atoms with E-state index in [2.05, 4.69) is 18.2 Å². The number of benzene rings is 2. The van der Waals surface area contributed by atoms with E-state index >= 15 is 0 Å². The van der Waals surface area contributed by atoms with Crippen LogP contribution < -0.4 is 0 Å².